The van der Waals surface area contributed by atoms with Crippen LogP contribution >= 0.6 is 11.8 Å². The Bertz CT molecular complexity index is 820. The smallest absolute Gasteiger partial charge is 0.264 e. The molecule has 1 N–H and O–H groups in total. The van der Waals surface area contributed by atoms with Gasteiger partial charge in [0.2, 0.25) is 0 Å². The summed E-state index contributed by atoms with van der Waals surface area (Å²) in [6, 6.07) is 14.1. The van der Waals surface area contributed by atoms with Gasteiger partial charge in [0.05, 0.1) is 10.6 Å². The molecule has 116 valence electrons. The average molecular weight is 322 g/mol. The summed E-state index contributed by atoms with van der Waals surface area (Å²) in [4.78, 5) is 17.3. The van der Waals surface area contributed by atoms with Crippen molar-refractivity contribution in [3.05, 3.63) is 69.6 Å². The van der Waals surface area contributed by atoms with E-state index in [9.17, 15) is 4.79 Å². The first-order valence-corrected chi connectivity index (χ1v) is 8.26. The fourth-order valence-corrected chi connectivity index (χ4v) is 3.05. The second-order valence-electron chi connectivity index (χ2n) is 5.66. The third-order valence-corrected chi connectivity index (χ3v) is 4.66. The number of nitrogens with zero attached hydrogens (tertiary/aromatic N) is 1. The highest BCUT2D eigenvalue weighted by Crippen LogP contribution is 2.28. The topological polar surface area (TPSA) is 41.5 Å². The normalized spacial score (nSPS) is 17.8. The number of thioether (sulfide) groups is 1. The Balaban J connectivity index is 1.82. The summed E-state index contributed by atoms with van der Waals surface area (Å²) in [6.07, 6.45) is 1.89. The molecule has 1 amide bonds. The van der Waals surface area contributed by atoms with E-state index in [0.717, 1.165) is 11.3 Å². The van der Waals surface area contributed by atoms with E-state index in [4.69, 9.17) is 0 Å². The summed E-state index contributed by atoms with van der Waals surface area (Å²) in [6.45, 7) is 6.17. The predicted octanol–water partition coefficient (Wildman–Crippen LogP) is 4.50. The minimum absolute atomic E-state index is 0.0989. The van der Waals surface area contributed by atoms with Crippen molar-refractivity contribution in [2.24, 2.45) is 4.99 Å². The number of carbonyl (C=O) groups excluding carboxylic acids is 1. The Labute approximate surface area is 140 Å². The number of amidine groups is 1. The summed E-state index contributed by atoms with van der Waals surface area (Å²) in [5.41, 5.74) is 5.49. The number of hydrogen-bond donors (Lipinski definition) is 1. The van der Waals surface area contributed by atoms with Gasteiger partial charge in [0, 0.05) is 0 Å². The van der Waals surface area contributed by atoms with Gasteiger partial charge in [-0.05, 0) is 67.4 Å². The van der Waals surface area contributed by atoms with Crippen LogP contribution in [0.3, 0.4) is 0 Å². The summed E-state index contributed by atoms with van der Waals surface area (Å²) in [5, 5.41) is 3.45. The number of aryl methyl sites for hydroxylation is 3. The Morgan fingerprint density at radius 3 is 2.43 bits per heavy atom. The van der Waals surface area contributed by atoms with Crippen molar-refractivity contribution in [3.63, 3.8) is 0 Å². The van der Waals surface area contributed by atoms with Crippen LogP contribution in [0.15, 0.2) is 52.4 Å². The quantitative estimate of drug-likeness (QED) is 0.827. The number of hydrogen-bond acceptors (Lipinski definition) is 3. The molecular weight excluding hydrogens is 304 g/mol. The van der Waals surface area contributed by atoms with Gasteiger partial charge in [0.1, 0.15) is 0 Å². The second kappa shape index (κ2) is 6.42. The first kappa shape index (κ1) is 15.6. The van der Waals surface area contributed by atoms with Gasteiger partial charge in [0.15, 0.2) is 5.17 Å². The minimum atomic E-state index is -0.0989. The van der Waals surface area contributed by atoms with Crippen LogP contribution in [0.5, 0.6) is 0 Å². The summed E-state index contributed by atoms with van der Waals surface area (Å²) in [5.74, 6) is -0.0989. The lowest BCUT2D eigenvalue weighted by Gasteiger charge is -2.01. The van der Waals surface area contributed by atoms with Crippen molar-refractivity contribution in [2.75, 3.05) is 0 Å². The van der Waals surface area contributed by atoms with E-state index in [2.05, 4.69) is 24.2 Å². The van der Waals surface area contributed by atoms with Gasteiger partial charge in [-0.1, -0.05) is 35.9 Å². The predicted molar refractivity (Wildman–Crippen MR) is 97.9 cm³/mol. The summed E-state index contributed by atoms with van der Waals surface area (Å²) < 4.78 is 0. The van der Waals surface area contributed by atoms with Gasteiger partial charge in [-0.15, -0.1) is 0 Å². The number of aliphatic imine (C=N–C) groups is 1. The van der Waals surface area contributed by atoms with Crippen LogP contribution < -0.4 is 5.32 Å². The molecule has 0 atom stereocenters. The summed E-state index contributed by atoms with van der Waals surface area (Å²) in [7, 11) is 0. The lowest BCUT2D eigenvalue weighted by Crippen LogP contribution is -2.19. The average Bonchev–Trinajstić information content (AvgIpc) is 2.85. The molecule has 3 rings (SSSR count). The van der Waals surface area contributed by atoms with E-state index in [0.29, 0.717) is 10.1 Å². The molecule has 1 heterocycles. The largest absolute Gasteiger partial charge is 0.300 e. The molecule has 2 aromatic rings. The van der Waals surface area contributed by atoms with Crippen LogP contribution in [0, 0.1) is 20.8 Å². The molecular formula is C19H18N2OS. The van der Waals surface area contributed by atoms with E-state index in [1.54, 1.807) is 0 Å². The maximum atomic E-state index is 12.1. The zero-order valence-electron chi connectivity index (χ0n) is 13.4. The second-order valence-corrected chi connectivity index (χ2v) is 6.69. The maximum Gasteiger partial charge on any atom is 0.264 e. The standard InChI is InChI=1S/C19H18N2OS/c1-12-4-7-15(8-5-12)11-17-18(22)21-19(23-17)20-16-9-6-13(2)14(3)10-16/h4-11H,1-3H3,(H,20,21,22)/b17-11-. The van der Waals surface area contributed by atoms with Crippen LogP contribution in [-0.2, 0) is 4.79 Å². The highest BCUT2D eigenvalue weighted by atomic mass is 32.2. The fourth-order valence-electron chi connectivity index (χ4n) is 2.21. The van der Waals surface area contributed by atoms with Crippen molar-refractivity contribution in [1.82, 2.24) is 5.32 Å². The van der Waals surface area contributed by atoms with E-state index >= 15 is 0 Å². The van der Waals surface area contributed by atoms with Crippen LogP contribution in [0.4, 0.5) is 5.69 Å². The van der Waals surface area contributed by atoms with Gasteiger partial charge in [-0.3, -0.25) is 4.79 Å². The Morgan fingerprint density at radius 1 is 1.00 bits per heavy atom. The molecule has 23 heavy (non-hydrogen) atoms. The van der Waals surface area contributed by atoms with Gasteiger partial charge in [-0.2, -0.15) is 0 Å². The van der Waals surface area contributed by atoms with Crippen molar-refractivity contribution < 1.29 is 4.79 Å². The molecule has 1 fully saturated rings. The molecule has 0 unspecified atom stereocenters. The molecule has 1 saturated heterocycles. The Morgan fingerprint density at radius 2 is 1.74 bits per heavy atom. The zero-order chi connectivity index (χ0) is 16.4. The molecule has 1 aliphatic heterocycles. The maximum absolute atomic E-state index is 12.1. The monoisotopic (exact) mass is 322 g/mol. The Hall–Kier alpha value is -2.33. The molecule has 3 nitrogen and oxygen atoms in total. The molecule has 2 aromatic carbocycles. The van der Waals surface area contributed by atoms with E-state index < -0.39 is 0 Å². The first-order chi connectivity index (χ1) is 11.0. The lowest BCUT2D eigenvalue weighted by molar-refractivity contribution is -0.115. The highest BCUT2D eigenvalue weighted by Gasteiger charge is 2.23. The molecule has 0 aliphatic carbocycles. The van der Waals surface area contributed by atoms with E-state index in [1.807, 2.05) is 55.5 Å². The fraction of sp³-hybridized carbons (Fsp3) is 0.158. The molecule has 0 bridgehead atoms. The van der Waals surface area contributed by atoms with Crippen LogP contribution in [0.25, 0.3) is 6.08 Å². The minimum Gasteiger partial charge on any atom is -0.300 e. The van der Waals surface area contributed by atoms with Crippen molar-refractivity contribution in [3.8, 4) is 0 Å². The van der Waals surface area contributed by atoms with Gasteiger partial charge in [0.25, 0.3) is 5.91 Å². The van der Waals surface area contributed by atoms with Crippen molar-refractivity contribution in [1.29, 1.82) is 0 Å². The molecule has 4 heteroatoms. The van der Waals surface area contributed by atoms with E-state index in [-0.39, 0.29) is 5.91 Å². The molecule has 0 radical (unpaired) electrons. The molecule has 0 spiro atoms. The zero-order valence-corrected chi connectivity index (χ0v) is 14.2. The van der Waals surface area contributed by atoms with Crippen LogP contribution in [0.2, 0.25) is 0 Å². The third kappa shape index (κ3) is 3.71. The van der Waals surface area contributed by atoms with Gasteiger partial charge < -0.3 is 5.32 Å². The highest BCUT2D eigenvalue weighted by molar-refractivity contribution is 8.18. The molecule has 0 saturated carbocycles. The van der Waals surface area contributed by atoms with Crippen molar-refractivity contribution >= 4 is 34.6 Å². The number of rotatable bonds is 2. The summed E-state index contributed by atoms with van der Waals surface area (Å²) >= 11 is 1.37. The number of amides is 1. The Kier molecular flexibility index (Phi) is 4.35. The van der Waals surface area contributed by atoms with Crippen molar-refractivity contribution in [2.45, 2.75) is 20.8 Å². The molecule has 0 aromatic heterocycles. The SMILES string of the molecule is Cc1ccc(/C=C2\SC(=Nc3ccc(C)c(C)c3)NC2=O)cc1. The number of nitrogens with one attached hydrogen (secondary N) is 1. The first-order valence-electron chi connectivity index (χ1n) is 7.45. The van der Waals surface area contributed by atoms with Gasteiger partial charge in [-0.25, -0.2) is 4.99 Å². The van der Waals surface area contributed by atoms with Gasteiger partial charge >= 0.3 is 0 Å². The van der Waals surface area contributed by atoms with E-state index in [1.165, 1.54) is 28.5 Å². The number of benzene rings is 2. The lowest BCUT2D eigenvalue weighted by atomic mass is 10.1. The third-order valence-electron chi connectivity index (χ3n) is 3.75. The molecule has 1 aliphatic rings. The van der Waals surface area contributed by atoms with Crippen LogP contribution in [-0.4, -0.2) is 11.1 Å². The number of carbonyl (C=O) groups is 1. The van der Waals surface area contributed by atoms with Crippen LogP contribution in [0.1, 0.15) is 22.3 Å².